The van der Waals surface area contributed by atoms with Crippen molar-refractivity contribution in [1.29, 1.82) is 5.41 Å². The molecule has 3 nitrogen and oxygen atoms in total. The second-order valence-corrected chi connectivity index (χ2v) is 4.87. The van der Waals surface area contributed by atoms with E-state index < -0.39 is 0 Å². The average molecular weight is 264 g/mol. The molecule has 0 amide bonds. The lowest BCUT2D eigenvalue weighted by molar-refractivity contribution is 1.26. The summed E-state index contributed by atoms with van der Waals surface area (Å²) in [4.78, 5) is 5.96. The van der Waals surface area contributed by atoms with Gasteiger partial charge < -0.3 is 5.73 Å². The van der Waals surface area contributed by atoms with E-state index in [0.717, 1.165) is 9.79 Å². The van der Waals surface area contributed by atoms with Crippen molar-refractivity contribution in [1.82, 2.24) is 4.98 Å². The first-order valence-corrected chi connectivity index (χ1v) is 6.08. The summed E-state index contributed by atoms with van der Waals surface area (Å²) in [6.07, 6.45) is 3.47. The molecule has 1 aromatic carbocycles. The quantitative estimate of drug-likeness (QED) is 0.660. The molecule has 0 saturated carbocycles. The largest absolute Gasteiger partial charge is 0.384 e. The molecule has 0 bridgehead atoms. The minimum Gasteiger partial charge on any atom is -0.384 e. The van der Waals surface area contributed by atoms with Crippen LogP contribution >= 0.6 is 23.4 Å². The van der Waals surface area contributed by atoms with Crippen LogP contribution in [-0.4, -0.2) is 10.8 Å². The van der Waals surface area contributed by atoms with E-state index in [1.54, 1.807) is 36.3 Å². The maximum absolute atomic E-state index is 7.33. The third-order valence-electron chi connectivity index (χ3n) is 2.12. The molecule has 0 saturated heterocycles. The summed E-state index contributed by atoms with van der Waals surface area (Å²) in [5.74, 6) is 0.0207. The fraction of sp³-hybridized carbons (Fsp3) is 0. The summed E-state index contributed by atoms with van der Waals surface area (Å²) in [7, 11) is 0. The molecule has 0 atom stereocenters. The Labute approximate surface area is 109 Å². The van der Waals surface area contributed by atoms with Gasteiger partial charge in [-0.15, -0.1) is 0 Å². The number of amidine groups is 1. The fourth-order valence-corrected chi connectivity index (χ4v) is 2.38. The van der Waals surface area contributed by atoms with Crippen LogP contribution in [0.5, 0.6) is 0 Å². The van der Waals surface area contributed by atoms with Gasteiger partial charge in [0.2, 0.25) is 0 Å². The van der Waals surface area contributed by atoms with Crippen molar-refractivity contribution in [2.24, 2.45) is 5.73 Å². The molecule has 1 heterocycles. The van der Waals surface area contributed by atoms with Crippen molar-refractivity contribution in [3.8, 4) is 0 Å². The Bertz CT molecular complexity index is 543. The minimum absolute atomic E-state index is 0.0207. The first kappa shape index (κ1) is 12.0. The lowest BCUT2D eigenvalue weighted by Gasteiger charge is -2.05. The third kappa shape index (κ3) is 2.99. The van der Waals surface area contributed by atoms with Crippen molar-refractivity contribution in [3.05, 3.63) is 53.3 Å². The van der Waals surface area contributed by atoms with Crippen LogP contribution < -0.4 is 5.73 Å². The van der Waals surface area contributed by atoms with E-state index >= 15 is 0 Å². The van der Waals surface area contributed by atoms with Gasteiger partial charge in [0.15, 0.2) is 0 Å². The first-order valence-electron chi connectivity index (χ1n) is 4.88. The molecule has 5 heteroatoms. The predicted molar refractivity (Wildman–Crippen MR) is 70.8 cm³/mol. The summed E-state index contributed by atoms with van der Waals surface area (Å²) < 4.78 is 0. The number of rotatable bonds is 3. The lowest BCUT2D eigenvalue weighted by Crippen LogP contribution is -2.10. The molecule has 0 aliphatic carbocycles. The standard InChI is InChI=1S/C12H10ClN3S/c13-10-7-8(12(14)15)1-2-11(10)17-9-3-5-16-6-4-9/h1-7H,(H3,14,15). The molecule has 0 radical (unpaired) electrons. The van der Waals surface area contributed by atoms with Crippen molar-refractivity contribution in [2.45, 2.75) is 9.79 Å². The van der Waals surface area contributed by atoms with Crippen LogP contribution in [0.2, 0.25) is 5.02 Å². The first-order chi connectivity index (χ1) is 8.16. The van der Waals surface area contributed by atoms with E-state index in [1.807, 2.05) is 18.2 Å². The monoisotopic (exact) mass is 263 g/mol. The predicted octanol–water partition coefficient (Wildman–Crippen LogP) is 3.17. The van der Waals surface area contributed by atoms with Gasteiger partial charge in [0.05, 0.1) is 5.02 Å². The molecular formula is C12H10ClN3S. The van der Waals surface area contributed by atoms with E-state index in [4.69, 9.17) is 22.7 Å². The van der Waals surface area contributed by atoms with Crippen LogP contribution in [0.25, 0.3) is 0 Å². The number of halogens is 1. The number of hydrogen-bond donors (Lipinski definition) is 2. The summed E-state index contributed by atoms with van der Waals surface area (Å²) in [5, 5.41) is 7.92. The molecule has 0 aliphatic heterocycles. The van der Waals surface area contributed by atoms with E-state index in [2.05, 4.69) is 4.98 Å². The summed E-state index contributed by atoms with van der Waals surface area (Å²) in [6, 6.07) is 9.19. The van der Waals surface area contributed by atoms with Gasteiger partial charge in [0.1, 0.15) is 5.84 Å². The molecule has 86 valence electrons. The zero-order valence-electron chi connectivity index (χ0n) is 8.85. The minimum atomic E-state index is 0.0207. The fourth-order valence-electron chi connectivity index (χ4n) is 1.28. The van der Waals surface area contributed by atoms with E-state index in [9.17, 15) is 0 Å². The number of nitrogens with zero attached hydrogens (tertiary/aromatic N) is 1. The van der Waals surface area contributed by atoms with Crippen LogP contribution in [0.4, 0.5) is 0 Å². The summed E-state index contributed by atoms with van der Waals surface area (Å²) >= 11 is 7.69. The Morgan fingerprint density at radius 2 is 1.94 bits per heavy atom. The SMILES string of the molecule is N=C(N)c1ccc(Sc2ccncc2)c(Cl)c1. The van der Waals surface area contributed by atoms with Gasteiger partial charge in [0.25, 0.3) is 0 Å². The Morgan fingerprint density at radius 3 is 2.53 bits per heavy atom. The highest BCUT2D eigenvalue weighted by Gasteiger charge is 2.05. The number of hydrogen-bond acceptors (Lipinski definition) is 3. The molecule has 1 aromatic heterocycles. The average Bonchev–Trinajstić information content (AvgIpc) is 2.33. The number of nitrogen functional groups attached to an aromatic ring is 1. The van der Waals surface area contributed by atoms with Crippen LogP contribution in [-0.2, 0) is 0 Å². The Kier molecular flexibility index (Phi) is 3.66. The maximum Gasteiger partial charge on any atom is 0.122 e. The molecule has 0 aliphatic rings. The number of aromatic nitrogens is 1. The summed E-state index contributed by atoms with van der Waals surface area (Å²) in [5.41, 5.74) is 6.03. The van der Waals surface area contributed by atoms with Gasteiger partial charge in [-0.1, -0.05) is 29.4 Å². The molecule has 0 unspecified atom stereocenters. The molecule has 3 N–H and O–H groups in total. The molecule has 0 fully saturated rings. The smallest absolute Gasteiger partial charge is 0.122 e. The van der Waals surface area contributed by atoms with Crippen molar-refractivity contribution in [2.75, 3.05) is 0 Å². The van der Waals surface area contributed by atoms with E-state index in [0.29, 0.717) is 10.6 Å². The topological polar surface area (TPSA) is 62.8 Å². The zero-order valence-corrected chi connectivity index (χ0v) is 10.4. The normalized spacial score (nSPS) is 10.2. The zero-order chi connectivity index (χ0) is 12.3. The van der Waals surface area contributed by atoms with Crippen LogP contribution in [0, 0.1) is 5.41 Å². The highest BCUT2D eigenvalue weighted by molar-refractivity contribution is 7.99. The van der Waals surface area contributed by atoms with Crippen LogP contribution in [0.15, 0.2) is 52.5 Å². The van der Waals surface area contributed by atoms with Crippen LogP contribution in [0.1, 0.15) is 5.56 Å². The van der Waals surface area contributed by atoms with Crippen molar-refractivity contribution in [3.63, 3.8) is 0 Å². The number of pyridine rings is 1. The lowest BCUT2D eigenvalue weighted by atomic mass is 10.2. The number of benzene rings is 1. The van der Waals surface area contributed by atoms with Gasteiger partial charge in [-0.3, -0.25) is 10.4 Å². The highest BCUT2D eigenvalue weighted by atomic mass is 35.5. The Balaban J connectivity index is 2.26. The number of nitrogens with two attached hydrogens (primary N) is 1. The van der Waals surface area contributed by atoms with Gasteiger partial charge in [-0.05, 0) is 24.3 Å². The molecule has 17 heavy (non-hydrogen) atoms. The number of nitrogens with one attached hydrogen (secondary N) is 1. The molecule has 2 aromatic rings. The third-order valence-corrected chi connectivity index (χ3v) is 3.63. The van der Waals surface area contributed by atoms with Gasteiger partial charge in [-0.2, -0.15) is 0 Å². The van der Waals surface area contributed by atoms with E-state index in [-0.39, 0.29) is 5.84 Å². The van der Waals surface area contributed by atoms with Crippen LogP contribution in [0.3, 0.4) is 0 Å². The maximum atomic E-state index is 7.33. The van der Waals surface area contributed by atoms with Crippen molar-refractivity contribution < 1.29 is 0 Å². The van der Waals surface area contributed by atoms with Gasteiger partial charge in [0, 0.05) is 27.7 Å². The van der Waals surface area contributed by atoms with Gasteiger partial charge >= 0.3 is 0 Å². The highest BCUT2D eigenvalue weighted by Crippen LogP contribution is 2.33. The second kappa shape index (κ2) is 5.21. The molecule has 0 spiro atoms. The Hall–Kier alpha value is -1.52. The summed E-state index contributed by atoms with van der Waals surface area (Å²) in [6.45, 7) is 0. The molecule has 2 rings (SSSR count). The Morgan fingerprint density at radius 1 is 1.24 bits per heavy atom. The van der Waals surface area contributed by atoms with E-state index in [1.165, 1.54) is 0 Å². The molecular weight excluding hydrogens is 254 g/mol. The second-order valence-electron chi connectivity index (χ2n) is 3.34. The van der Waals surface area contributed by atoms with Gasteiger partial charge in [-0.25, -0.2) is 0 Å². The van der Waals surface area contributed by atoms with Crippen molar-refractivity contribution >= 4 is 29.2 Å².